The molecule has 0 aliphatic carbocycles. The molecule has 0 unspecified atom stereocenters. The maximum absolute atomic E-state index is 12.7. The molecule has 136 valence electrons. The van der Waals surface area contributed by atoms with Gasteiger partial charge in [-0.25, -0.2) is 9.97 Å². The van der Waals surface area contributed by atoms with Crippen molar-refractivity contribution in [3.8, 4) is 11.3 Å². The van der Waals surface area contributed by atoms with E-state index in [-0.39, 0.29) is 5.56 Å². The second-order valence-electron chi connectivity index (χ2n) is 6.77. The Hall–Kier alpha value is -3.26. The minimum Gasteiger partial charge on any atom is -0.353 e. The normalized spacial score (nSPS) is 14.9. The van der Waals surface area contributed by atoms with Crippen molar-refractivity contribution in [2.24, 2.45) is 7.05 Å². The number of nitrogens with one attached hydrogen (secondary N) is 1. The number of rotatable bonds is 2. The highest BCUT2D eigenvalue weighted by atomic mass is 16.1. The Kier molecular flexibility index (Phi) is 3.64. The Bertz CT molecular complexity index is 1200. The second-order valence-corrected chi connectivity index (χ2v) is 6.77. The van der Waals surface area contributed by atoms with Crippen LogP contribution in [0.4, 0.5) is 5.82 Å². The van der Waals surface area contributed by atoms with Gasteiger partial charge in [0, 0.05) is 56.4 Å². The fourth-order valence-electron chi connectivity index (χ4n) is 3.52. The molecule has 1 aliphatic heterocycles. The molecule has 1 saturated heterocycles. The number of fused-ring (bicyclic) bond motifs is 2. The number of anilines is 1. The number of nitrogens with zero attached hydrogens (tertiary/aromatic N) is 6. The fraction of sp³-hybridized carbons (Fsp3) is 0.263. The average molecular weight is 361 g/mol. The van der Waals surface area contributed by atoms with Crippen molar-refractivity contribution in [2.75, 3.05) is 31.1 Å². The standard InChI is InChI=1S/C19H19N7O/c1-24-11-14-8-13(2-3-15(14)23-24)16-9-19(27)26-12-18(21-10-17(26)22-16)25-6-4-20-5-7-25/h2-3,8-12,20H,4-7H2,1H3. The first-order chi connectivity index (χ1) is 13.2. The van der Waals surface area contributed by atoms with Crippen molar-refractivity contribution >= 4 is 22.4 Å². The van der Waals surface area contributed by atoms with Crippen LogP contribution in [0.3, 0.4) is 0 Å². The fourth-order valence-corrected chi connectivity index (χ4v) is 3.52. The van der Waals surface area contributed by atoms with Crippen LogP contribution in [0.1, 0.15) is 0 Å². The minimum atomic E-state index is -0.111. The first-order valence-corrected chi connectivity index (χ1v) is 8.96. The molecule has 4 aromatic rings. The van der Waals surface area contributed by atoms with E-state index in [1.807, 2.05) is 31.4 Å². The molecule has 0 saturated carbocycles. The molecule has 5 rings (SSSR count). The summed E-state index contributed by atoms with van der Waals surface area (Å²) >= 11 is 0. The topological polar surface area (TPSA) is 80.4 Å². The van der Waals surface area contributed by atoms with Crippen LogP contribution in [0.2, 0.25) is 0 Å². The second kappa shape index (κ2) is 6.17. The molecule has 27 heavy (non-hydrogen) atoms. The van der Waals surface area contributed by atoms with Crippen LogP contribution in [0.25, 0.3) is 27.8 Å². The molecule has 0 atom stereocenters. The number of aromatic nitrogens is 5. The maximum atomic E-state index is 12.7. The zero-order valence-corrected chi connectivity index (χ0v) is 15.0. The summed E-state index contributed by atoms with van der Waals surface area (Å²) in [5.74, 6) is 0.803. The molecule has 8 nitrogen and oxygen atoms in total. The summed E-state index contributed by atoms with van der Waals surface area (Å²) in [6.45, 7) is 3.60. The zero-order valence-electron chi connectivity index (χ0n) is 15.0. The molecule has 1 aromatic carbocycles. The minimum absolute atomic E-state index is 0.111. The smallest absolute Gasteiger partial charge is 0.258 e. The van der Waals surface area contributed by atoms with Crippen LogP contribution in [-0.4, -0.2) is 50.3 Å². The van der Waals surface area contributed by atoms with Crippen LogP contribution in [0.5, 0.6) is 0 Å². The molecule has 0 amide bonds. The Morgan fingerprint density at radius 3 is 2.81 bits per heavy atom. The summed E-state index contributed by atoms with van der Waals surface area (Å²) in [6, 6.07) is 7.46. The van der Waals surface area contributed by atoms with Gasteiger partial charge >= 0.3 is 0 Å². The van der Waals surface area contributed by atoms with Crippen molar-refractivity contribution in [2.45, 2.75) is 0 Å². The van der Waals surface area contributed by atoms with Gasteiger partial charge in [-0.1, -0.05) is 6.07 Å². The number of hydrogen-bond acceptors (Lipinski definition) is 6. The van der Waals surface area contributed by atoms with Gasteiger partial charge in [-0.05, 0) is 12.1 Å². The van der Waals surface area contributed by atoms with Crippen LogP contribution in [0, 0.1) is 0 Å². The van der Waals surface area contributed by atoms with E-state index < -0.39 is 0 Å². The molecule has 0 bridgehead atoms. The molecule has 3 aromatic heterocycles. The summed E-state index contributed by atoms with van der Waals surface area (Å²) in [5, 5.41) is 8.72. The van der Waals surface area contributed by atoms with E-state index in [0.29, 0.717) is 11.3 Å². The van der Waals surface area contributed by atoms with Crippen molar-refractivity contribution in [1.29, 1.82) is 0 Å². The predicted octanol–water partition coefficient (Wildman–Crippen LogP) is 1.05. The van der Waals surface area contributed by atoms with Crippen molar-refractivity contribution < 1.29 is 0 Å². The third kappa shape index (κ3) is 2.83. The highest BCUT2D eigenvalue weighted by Gasteiger charge is 2.14. The molecule has 8 heteroatoms. The molecular weight excluding hydrogens is 342 g/mol. The largest absolute Gasteiger partial charge is 0.353 e. The number of benzene rings is 1. The van der Waals surface area contributed by atoms with Gasteiger partial charge in [0.25, 0.3) is 5.56 Å². The third-order valence-corrected chi connectivity index (χ3v) is 4.89. The lowest BCUT2D eigenvalue weighted by molar-refractivity contribution is 0.584. The van der Waals surface area contributed by atoms with E-state index >= 15 is 0 Å². The Morgan fingerprint density at radius 2 is 1.96 bits per heavy atom. The maximum Gasteiger partial charge on any atom is 0.258 e. The Morgan fingerprint density at radius 1 is 1.11 bits per heavy atom. The van der Waals surface area contributed by atoms with Crippen molar-refractivity contribution in [3.63, 3.8) is 0 Å². The zero-order chi connectivity index (χ0) is 18.4. The lowest BCUT2D eigenvalue weighted by atomic mass is 10.1. The lowest BCUT2D eigenvalue weighted by Gasteiger charge is -2.28. The van der Waals surface area contributed by atoms with Crippen LogP contribution >= 0.6 is 0 Å². The van der Waals surface area contributed by atoms with Crippen LogP contribution in [0.15, 0.2) is 47.7 Å². The summed E-state index contributed by atoms with van der Waals surface area (Å²) in [4.78, 5) is 24.1. The van der Waals surface area contributed by atoms with Gasteiger partial charge in [0.15, 0.2) is 5.65 Å². The molecule has 0 radical (unpaired) electrons. The van der Waals surface area contributed by atoms with E-state index in [0.717, 1.165) is 48.5 Å². The molecule has 0 spiro atoms. The van der Waals surface area contributed by atoms with Gasteiger partial charge in [-0.2, -0.15) is 5.10 Å². The molecular formula is C19H19N7O. The van der Waals surface area contributed by atoms with Crippen molar-refractivity contribution in [1.82, 2.24) is 29.5 Å². The van der Waals surface area contributed by atoms with E-state index in [1.165, 1.54) is 0 Å². The highest BCUT2D eigenvalue weighted by Crippen LogP contribution is 2.22. The number of hydrogen-bond donors (Lipinski definition) is 1. The van der Waals surface area contributed by atoms with Gasteiger partial charge in [0.2, 0.25) is 0 Å². The average Bonchev–Trinajstić information content (AvgIpc) is 3.07. The van der Waals surface area contributed by atoms with E-state index in [4.69, 9.17) is 0 Å². The van der Waals surface area contributed by atoms with Crippen molar-refractivity contribution in [3.05, 3.63) is 53.2 Å². The van der Waals surface area contributed by atoms with Gasteiger partial charge in [-0.3, -0.25) is 13.9 Å². The molecule has 1 fully saturated rings. The van der Waals surface area contributed by atoms with Crippen LogP contribution < -0.4 is 15.8 Å². The van der Waals surface area contributed by atoms with E-state index in [1.54, 1.807) is 27.5 Å². The summed E-state index contributed by atoms with van der Waals surface area (Å²) < 4.78 is 3.34. The van der Waals surface area contributed by atoms with Crippen LogP contribution in [-0.2, 0) is 7.05 Å². The first-order valence-electron chi connectivity index (χ1n) is 8.96. The molecule has 4 heterocycles. The monoisotopic (exact) mass is 361 g/mol. The van der Waals surface area contributed by atoms with Gasteiger partial charge < -0.3 is 10.2 Å². The van der Waals surface area contributed by atoms with Gasteiger partial charge in [-0.15, -0.1) is 0 Å². The quantitative estimate of drug-likeness (QED) is 0.575. The molecule has 1 N–H and O–H groups in total. The molecule has 1 aliphatic rings. The number of piperazine rings is 1. The van der Waals surface area contributed by atoms with Gasteiger partial charge in [0.05, 0.1) is 23.6 Å². The summed E-state index contributed by atoms with van der Waals surface area (Å²) in [7, 11) is 1.89. The third-order valence-electron chi connectivity index (χ3n) is 4.89. The Balaban J connectivity index is 1.58. The Labute approximate surface area is 155 Å². The SMILES string of the molecule is Cn1cc2cc(-c3cc(=O)n4cc(N5CCNCC5)ncc4n3)ccc2n1. The first kappa shape index (κ1) is 16.0. The summed E-state index contributed by atoms with van der Waals surface area (Å²) in [5.41, 5.74) is 2.88. The van der Waals surface area contributed by atoms with E-state index in [9.17, 15) is 4.79 Å². The van der Waals surface area contributed by atoms with Gasteiger partial charge in [0.1, 0.15) is 5.82 Å². The van der Waals surface area contributed by atoms with E-state index in [2.05, 4.69) is 25.3 Å². The predicted molar refractivity (Wildman–Crippen MR) is 104 cm³/mol. The highest BCUT2D eigenvalue weighted by molar-refractivity contribution is 5.83. The number of aryl methyl sites for hydroxylation is 1. The lowest BCUT2D eigenvalue weighted by Crippen LogP contribution is -2.44. The summed E-state index contributed by atoms with van der Waals surface area (Å²) in [6.07, 6.45) is 5.41.